The van der Waals surface area contributed by atoms with Crippen LogP contribution < -0.4 is 0 Å². The monoisotopic (exact) mass is 183 g/mol. The van der Waals surface area contributed by atoms with E-state index in [2.05, 4.69) is 24.7 Å². The van der Waals surface area contributed by atoms with Crippen molar-refractivity contribution in [2.45, 2.75) is 32.7 Å². The van der Waals surface area contributed by atoms with Crippen LogP contribution in [0.1, 0.15) is 26.7 Å². The molecule has 0 aliphatic rings. The molecule has 76 valence electrons. The van der Waals surface area contributed by atoms with Crippen LogP contribution in [0, 0.1) is 12.3 Å². The van der Waals surface area contributed by atoms with E-state index in [-0.39, 0.29) is 0 Å². The molecule has 13 heavy (non-hydrogen) atoms. The lowest BCUT2D eigenvalue weighted by atomic mass is 10.2. The van der Waals surface area contributed by atoms with Gasteiger partial charge >= 0.3 is 0 Å². The Balaban J connectivity index is 3.62. The fourth-order valence-electron chi connectivity index (χ4n) is 1.22. The second-order valence-electron chi connectivity index (χ2n) is 3.43. The highest BCUT2D eigenvalue weighted by Crippen LogP contribution is 2.00. The minimum absolute atomic E-state index is 0.577. The Bertz CT molecular complexity index is 149. The molecule has 0 N–H and O–H groups in total. The van der Waals surface area contributed by atoms with Crippen LogP contribution in [0.4, 0.5) is 0 Å². The van der Waals surface area contributed by atoms with Gasteiger partial charge in [0.05, 0.1) is 6.61 Å². The first-order chi connectivity index (χ1) is 6.22. The highest BCUT2D eigenvalue weighted by atomic mass is 16.5. The molecule has 0 aliphatic carbocycles. The van der Waals surface area contributed by atoms with Crippen molar-refractivity contribution in [3.05, 3.63) is 0 Å². The fraction of sp³-hybridized carbons (Fsp3) is 0.818. The minimum atomic E-state index is 0.577. The Labute approximate surface area is 82.3 Å². The van der Waals surface area contributed by atoms with E-state index in [0.29, 0.717) is 6.04 Å². The minimum Gasteiger partial charge on any atom is -0.383 e. The van der Waals surface area contributed by atoms with Crippen LogP contribution in [-0.4, -0.2) is 37.7 Å². The van der Waals surface area contributed by atoms with Crippen molar-refractivity contribution < 1.29 is 4.74 Å². The molecule has 0 saturated carbocycles. The summed E-state index contributed by atoms with van der Waals surface area (Å²) in [5.74, 6) is 2.66. The number of nitrogens with zero attached hydrogens (tertiary/aromatic N) is 1. The van der Waals surface area contributed by atoms with Crippen LogP contribution in [0.5, 0.6) is 0 Å². The van der Waals surface area contributed by atoms with Crippen LogP contribution in [-0.2, 0) is 4.74 Å². The average Bonchev–Trinajstić information content (AvgIpc) is 2.10. The van der Waals surface area contributed by atoms with Crippen molar-refractivity contribution in [2.75, 3.05) is 26.8 Å². The molecule has 0 fully saturated rings. The third-order valence-electron chi connectivity index (χ3n) is 2.08. The average molecular weight is 183 g/mol. The highest BCUT2D eigenvalue weighted by molar-refractivity contribution is 4.83. The van der Waals surface area contributed by atoms with Crippen molar-refractivity contribution in [1.29, 1.82) is 0 Å². The topological polar surface area (TPSA) is 12.5 Å². The zero-order valence-corrected chi connectivity index (χ0v) is 9.05. The number of terminal acetylenes is 1. The molecule has 0 aromatic carbocycles. The van der Waals surface area contributed by atoms with Crippen LogP contribution in [0.15, 0.2) is 0 Å². The number of methoxy groups -OCH3 is 1. The summed E-state index contributed by atoms with van der Waals surface area (Å²) < 4.78 is 5.05. The van der Waals surface area contributed by atoms with Crippen molar-refractivity contribution >= 4 is 0 Å². The molecule has 0 atom stereocenters. The van der Waals surface area contributed by atoms with Gasteiger partial charge in [-0.25, -0.2) is 0 Å². The third kappa shape index (κ3) is 6.62. The molecule has 0 unspecified atom stereocenters. The molecule has 0 spiro atoms. The van der Waals surface area contributed by atoms with E-state index in [0.717, 1.165) is 32.5 Å². The maximum atomic E-state index is 5.20. The van der Waals surface area contributed by atoms with E-state index >= 15 is 0 Å². The molecule has 0 amide bonds. The van der Waals surface area contributed by atoms with E-state index < -0.39 is 0 Å². The van der Waals surface area contributed by atoms with Crippen LogP contribution in [0.25, 0.3) is 0 Å². The Hall–Kier alpha value is -0.520. The van der Waals surface area contributed by atoms with Gasteiger partial charge in [0.2, 0.25) is 0 Å². The number of ether oxygens (including phenoxy) is 1. The SMILES string of the molecule is C#CCCCN(CCOC)C(C)C. The fourth-order valence-corrected chi connectivity index (χ4v) is 1.22. The molecule has 0 saturated heterocycles. The smallest absolute Gasteiger partial charge is 0.0589 e. The van der Waals surface area contributed by atoms with E-state index in [1.165, 1.54) is 0 Å². The third-order valence-corrected chi connectivity index (χ3v) is 2.08. The Morgan fingerprint density at radius 1 is 1.38 bits per heavy atom. The molecule has 0 rings (SSSR count). The van der Waals surface area contributed by atoms with Gasteiger partial charge in [-0.05, 0) is 26.8 Å². The molecule has 0 heterocycles. The van der Waals surface area contributed by atoms with Gasteiger partial charge in [-0.3, -0.25) is 4.90 Å². The molecular formula is C11H21NO. The Morgan fingerprint density at radius 3 is 2.54 bits per heavy atom. The van der Waals surface area contributed by atoms with Gasteiger partial charge in [-0.15, -0.1) is 12.3 Å². The second kappa shape index (κ2) is 8.10. The number of hydrogen-bond acceptors (Lipinski definition) is 2. The van der Waals surface area contributed by atoms with E-state index in [4.69, 9.17) is 11.2 Å². The summed E-state index contributed by atoms with van der Waals surface area (Å²) in [5.41, 5.74) is 0. The first kappa shape index (κ1) is 12.5. The normalized spacial score (nSPS) is 10.8. The quantitative estimate of drug-likeness (QED) is 0.440. The summed E-state index contributed by atoms with van der Waals surface area (Å²) in [6, 6.07) is 0.577. The Morgan fingerprint density at radius 2 is 2.08 bits per heavy atom. The summed E-state index contributed by atoms with van der Waals surface area (Å²) in [4.78, 5) is 2.39. The van der Waals surface area contributed by atoms with Gasteiger partial charge in [0.1, 0.15) is 0 Å². The van der Waals surface area contributed by atoms with E-state index in [1.54, 1.807) is 7.11 Å². The molecule has 0 bridgehead atoms. The van der Waals surface area contributed by atoms with Gasteiger partial charge in [0, 0.05) is 26.1 Å². The first-order valence-corrected chi connectivity index (χ1v) is 4.88. The predicted molar refractivity (Wildman–Crippen MR) is 56.7 cm³/mol. The summed E-state index contributed by atoms with van der Waals surface area (Å²) in [6.45, 7) is 7.27. The lowest BCUT2D eigenvalue weighted by Crippen LogP contribution is -2.34. The standard InChI is InChI=1S/C11H21NO/c1-5-6-7-8-12(11(2)3)9-10-13-4/h1,11H,6-10H2,2-4H3. The van der Waals surface area contributed by atoms with Gasteiger partial charge in [-0.2, -0.15) is 0 Å². The highest BCUT2D eigenvalue weighted by Gasteiger charge is 2.07. The maximum Gasteiger partial charge on any atom is 0.0589 e. The summed E-state index contributed by atoms with van der Waals surface area (Å²) in [6.07, 6.45) is 7.15. The van der Waals surface area contributed by atoms with Gasteiger partial charge in [0.15, 0.2) is 0 Å². The van der Waals surface area contributed by atoms with E-state index in [1.807, 2.05) is 0 Å². The van der Waals surface area contributed by atoms with Crippen LogP contribution in [0.3, 0.4) is 0 Å². The Kier molecular flexibility index (Phi) is 7.77. The molecular weight excluding hydrogens is 162 g/mol. The summed E-state index contributed by atoms with van der Waals surface area (Å²) >= 11 is 0. The van der Waals surface area contributed by atoms with Crippen molar-refractivity contribution in [2.24, 2.45) is 0 Å². The summed E-state index contributed by atoms with van der Waals surface area (Å²) in [5, 5.41) is 0. The first-order valence-electron chi connectivity index (χ1n) is 4.88. The lowest BCUT2D eigenvalue weighted by Gasteiger charge is -2.25. The largest absolute Gasteiger partial charge is 0.383 e. The van der Waals surface area contributed by atoms with Gasteiger partial charge in [-0.1, -0.05) is 0 Å². The van der Waals surface area contributed by atoms with E-state index in [9.17, 15) is 0 Å². The molecule has 2 nitrogen and oxygen atoms in total. The zero-order valence-electron chi connectivity index (χ0n) is 9.05. The number of unbranched alkanes of at least 4 members (excludes halogenated alkanes) is 1. The molecule has 0 aromatic rings. The van der Waals surface area contributed by atoms with Crippen molar-refractivity contribution in [3.63, 3.8) is 0 Å². The van der Waals surface area contributed by atoms with Crippen molar-refractivity contribution in [3.8, 4) is 12.3 Å². The summed E-state index contributed by atoms with van der Waals surface area (Å²) in [7, 11) is 1.74. The van der Waals surface area contributed by atoms with Crippen LogP contribution in [0.2, 0.25) is 0 Å². The maximum absolute atomic E-state index is 5.20. The second-order valence-corrected chi connectivity index (χ2v) is 3.43. The van der Waals surface area contributed by atoms with Crippen molar-refractivity contribution in [1.82, 2.24) is 4.90 Å². The van der Waals surface area contributed by atoms with Gasteiger partial charge in [0.25, 0.3) is 0 Å². The molecule has 0 radical (unpaired) electrons. The molecule has 0 aliphatic heterocycles. The van der Waals surface area contributed by atoms with Gasteiger partial charge < -0.3 is 4.74 Å². The zero-order chi connectivity index (χ0) is 10.1. The van der Waals surface area contributed by atoms with Crippen LogP contribution >= 0.6 is 0 Å². The number of hydrogen-bond donors (Lipinski definition) is 0. The molecule has 2 heteroatoms. The predicted octanol–water partition coefficient (Wildman–Crippen LogP) is 1.76. The number of rotatable bonds is 7. The lowest BCUT2D eigenvalue weighted by molar-refractivity contribution is 0.129. The molecule has 0 aromatic heterocycles.